The second kappa shape index (κ2) is 8.49. The van der Waals surface area contributed by atoms with Gasteiger partial charge in [-0.15, -0.1) is 0 Å². The van der Waals surface area contributed by atoms with Crippen LogP contribution in [0.15, 0.2) is 52.0 Å². The number of aromatic amines is 1. The lowest BCUT2D eigenvalue weighted by Crippen LogP contribution is -2.05. The van der Waals surface area contributed by atoms with E-state index >= 15 is 0 Å². The number of methoxy groups -OCH3 is 1. The third kappa shape index (κ3) is 4.64. The molecule has 140 valence electrons. The Labute approximate surface area is 171 Å². The molecule has 0 bridgehead atoms. The van der Waals surface area contributed by atoms with E-state index in [1.807, 2.05) is 56.3 Å². The molecule has 1 heterocycles. The number of ether oxygens (including phenoxy) is 2. The molecule has 0 fully saturated rings. The summed E-state index contributed by atoms with van der Waals surface area (Å²) in [5.41, 5.74) is 1.66. The Hall–Kier alpha value is -2.45. The summed E-state index contributed by atoms with van der Waals surface area (Å²) < 4.78 is 14.0. The van der Waals surface area contributed by atoms with E-state index < -0.39 is 0 Å². The van der Waals surface area contributed by atoms with Crippen LogP contribution < -0.4 is 9.47 Å². The maximum absolute atomic E-state index is 5.76. The summed E-state index contributed by atoms with van der Waals surface area (Å²) in [6.07, 6.45) is 1.77. The molecule has 0 unspecified atom stereocenters. The molecule has 0 saturated heterocycles. The minimum atomic E-state index is 0.0862. The standard InChI is InChI=1S/C19H19BrN4O2S/c1-12(2)26-16-6-4-5-13(10-16)18-22-23-19(27)24(18)21-11-14-9-15(20)7-8-17(14)25-3/h4-12H,1-3H3,(H,23,27). The first kappa shape index (κ1) is 19.3. The van der Waals surface area contributed by atoms with Crippen molar-refractivity contribution >= 4 is 34.4 Å². The van der Waals surface area contributed by atoms with Gasteiger partial charge in [0.1, 0.15) is 11.5 Å². The Kier molecular flexibility index (Phi) is 6.08. The fraction of sp³-hybridized carbons (Fsp3) is 0.211. The van der Waals surface area contributed by atoms with Crippen LogP contribution in [0.1, 0.15) is 19.4 Å². The van der Waals surface area contributed by atoms with Crippen LogP contribution in [0.2, 0.25) is 0 Å². The molecule has 0 saturated carbocycles. The predicted molar refractivity (Wildman–Crippen MR) is 112 cm³/mol. The van der Waals surface area contributed by atoms with Crippen LogP contribution in [0.5, 0.6) is 11.5 Å². The van der Waals surface area contributed by atoms with Gasteiger partial charge in [-0.3, -0.25) is 0 Å². The van der Waals surface area contributed by atoms with Crippen molar-refractivity contribution in [3.63, 3.8) is 0 Å². The van der Waals surface area contributed by atoms with Crippen LogP contribution in [0.25, 0.3) is 11.4 Å². The molecule has 0 spiro atoms. The van der Waals surface area contributed by atoms with Gasteiger partial charge in [0.15, 0.2) is 5.82 Å². The van der Waals surface area contributed by atoms with Gasteiger partial charge in [0.05, 0.1) is 19.4 Å². The third-order valence-corrected chi connectivity index (χ3v) is 4.38. The maximum atomic E-state index is 5.76. The Morgan fingerprint density at radius 3 is 2.81 bits per heavy atom. The van der Waals surface area contributed by atoms with Gasteiger partial charge >= 0.3 is 0 Å². The van der Waals surface area contributed by atoms with E-state index in [9.17, 15) is 0 Å². The molecule has 6 nitrogen and oxygen atoms in total. The largest absolute Gasteiger partial charge is 0.496 e. The Balaban J connectivity index is 1.99. The average Bonchev–Trinajstić information content (AvgIpc) is 3.00. The van der Waals surface area contributed by atoms with Crippen LogP contribution in [0.4, 0.5) is 0 Å². The van der Waals surface area contributed by atoms with Crippen molar-refractivity contribution in [1.82, 2.24) is 14.9 Å². The SMILES string of the molecule is COc1ccc(Br)cc1C=Nn1c(-c2cccc(OC(C)C)c2)n[nH]c1=S. The molecule has 0 aliphatic rings. The van der Waals surface area contributed by atoms with Gasteiger partial charge < -0.3 is 9.47 Å². The van der Waals surface area contributed by atoms with Crippen LogP contribution in [0, 0.1) is 4.77 Å². The van der Waals surface area contributed by atoms with Crippen LogP contribution in [0.3, 0.4) is 0 Å². The van der Waals surface area contributed by atoms with Gasteiger partial charge in [-0.05, 0) is 56.4 Å². The van der Waals surface area contributed by atoms with Crippen LogP contribution >= 0.6 is 28.1 Å². The fourth-order valence-corrected chi connectivity index (χ4v) is 3.05. The molecule has 3 aromatic rings. The Morgan fingerprint density at radius 1 is 1.26 bits per heavy atom. The third-order valence-electron chi connectivity index (χ3n) is 3.62. The Bertz CT molecular complexity index is 1030. The van der Waals surface area contributed by atoms with Gasteiger partial charge in [-0.2, -0.15) is 14.9 Å². The highest BCUT2D eigenvalue weighted by molar-refractivity contribution is 9.10. The smallest absolute Gasteiger partial charge is 0.216 e. The molecule has 3 rings (SSSR count). The summed E-state index contributed by atoms with van der Waals surface area (Å²) in [5, 5.41) is 11.6. The van der Waals surface area contributed by atoms with Gasteiger partial charge in [0.2, 0.25) is 4.77 Å². The highest BCUT2D eigenvalue weighted by Crippen LogP contribution is 2.24. The molecular weight excluding hydrogens is 428 g/mol. The minimum absolute atomic E-state index is 0.0862. The molecular formula is C19H19BrN4O2S. The van der Waals surface area contributed by atoms with Crippen molar-refractivity contribution in [3.8, 4) is 22.9 Å². The number of aromatic nitrogens is 3. The number of H-pyrrole nitrogens is 1. The number of rotatable bonds is 6. The summed E-state index contributed by atoms with van der Waals surface area (Å²) >= 11 is 8.80. The second-order valence-corrected chi connectivity index (χ2v) is 7.29. The number of hydrogen-bond acceptors (Lipinski definition) is 5. The summed E-state index contributed by atoms with van der Waals surface area (Å²) in [6.45, 7) is 3.97. The molecule has 1 N–H and O–H groups in total. The van der Waals surface area contributed by atoms with Crippen molar-refractivity contribution in [2.24, 2.45) is 5.10 Å². The number of hydrogen-bond donors (Lipinski definition) is 1. The summed E-state index contributed by atoms with van der Waals surface area (Å²) in [7, 11) is 1.62. The van der Waals surface area contributed by atoms with E-state index in [4.69, 9.17) is 21.7 Å². The summed E-state index contributed by atoms with van der Waals surface area (Å²) in [5.74, 6) is 2.07. The van der Waals surface area contributed by atoms with Crippen LogP contribution in [-0.4, -0.2) is 34.3 Å². The van der Waals surface area contributed by atoms with Crippen molar-refractivity contribution in [1.29, 1.82) is 0 Å². The highest BCUT2D eigenvalue weighted by Gasteiger charge is 2.10. The maximum Gasteiger partial charge on any atom is 0.216 e. The topological polar surface area (TPSA) is 64.4 Å². The van der Waals surface area contributed by atoms with Gasteiger partial charge in [0.25, 0.3) is 0 Å². The molecule has 0 aliphatic carbocycles. The number of halogens is 1. The first-order chi connectivity index (χ1) is 13.0. The number of benzene rings is 2. The van der Waals surface area contributed by atoms with Gasteiger partial charge in [-0.25, -0.2) is 5.10 Å². The van der Waals surface area contributed by atoms with E-state index in [-0.39, 0.29) is 6.10 Å². The molecule has 2 aromatic carbocycles. The van der Waals surface area contributed by atoms with E-state index in [1.165, 1.54) is 0 Å². The molecule has 1 aromatic heterocycles. The van der Waals surface area contributed by atoms with Gasteiger partial charge in [-0.1, -0.05) is 28.1 Å². The highest BCUT2D eigenvalue weighted by atomic mass is 79.9. The zero-order valence-corrected chi connectivity index (χ0v) is 17.5. The minimum Gasteiger partial charge on any atom is -0.496 e. The van der Waals surface area contributed by atoms with Crippen LogP contribution in [-0.2, 0) is 0 Å². The number of nitrogens with zero attached hydrogens (tertiary/aromatic N) is 3. The number of nitrogens with one attached hydrogen (secondary N) is 1. The Morgan fingerprint density at radius 2 is 2.07 bits per heavy atom. The van der Waals surface area contributed by atoms with E-state index in [2.05, 4.69) is 31.2 Å². The monoisotopic (exact) mass is 446 g/mol. The second-order valence-electron chi connectivity index (χ2n) is 5.99. The molecule has 0 radical (unpaired) electrons. The first-order valence-corrected chi connectivity index (χ1v) is 9.50. The first-order valence-electron chi connectivity index (χ1n) is 8.30. The lowest BCUT2D eigenvalue weighted by atomic mass is 10.2. The normalized spacial score (nSPS) is 11.3. The quantitative estimate of drug-likeness (QED) is 0.425. The van der Waals surface area contributed by atoms with Crippen molar-refractivity contribution < 1.29 is 9.47 Å². The zero-order chi connectivity index (χ0) is 19.4. The van der Waals surface area contributed by atoms with Crippen molar-refractivity contribution in [3.05, 3.63) is 57.3 Å². The fourth-order valence-electron chi connectivity index (χ4n) is 2.49. The van der Waals surface area contributed by atoms with Gasteiger partial charge in [0, 0.05) is 15.6 Å². The van der Waals surface area contributed by atoms with Crippen molar-refractivity contribution in [2.75, 3.05) is 7.11 Å². The zero-order valence-electron chi connectivity index (χ0n) is 15.1. The molecule has 0 aliphatic heterocycles. The predicted octanol–water partition coefficient (Wildman–Crippen LogP) is 5.05. The molecule has 8 heteroatoms. The lowest BCUT2D eigenvalue weighted by Gasteiger charge is -2.10. The van der Waals surface area contributed by atoms with E-state index in [1.54, 1.807) is 18.0 Å². The lowest BCUT2D eigenvalue weighted by molar-refractivity contribution is 0.242. The van der Waals surface area contributed by atoms with E-state index in [0.717, 1.165) is 21.3 Å². The van der Waals surface area contributed by atoms with Crippen molar-refractivity contribution in [2.45, 2.75) is 20.0 Å². The van der Waals surface area contributed by atoms with E-state index in [0.29, 0.717) is 16.3 Å². The molecule has 0 amide bonds. The molecule has 0 atom stereocenters. The molecule has 27 heavy (non-hydrogen) atoms. The summed E-state index contributed by atoms with van der Waals surface area (Å²) in [4.78, 5) is 0. The average molecular weight is 447 g/mol. The summed E-state index contributed by atoms with van der Waals surface area (Å²) in [6, 6.07) is 13.4.